The first kappa shape index (κ1) is 11.6. The third-order valence-corrected chi connectivity index (χ3v) is 3.19. The van der Waals surface area contributed by atoms with E-state index in [-0.39, 0.29) is 6.61 Å². The molecule has 3 nitrogen and oxygen atoms in total. The zero-order valence-corrected chi connectivity index (χ0v) is 11.0. The van der Waals surface area contributed by atoms with E-state index in [2.05, 4.69) is 21.0 Å². The van der Waals surface area contributed by atoms with Gasteiger partial charge in [-0.15, -0.1) is 0 Å². The van der Waals surface area contributed by atoms with Gasteiger partial charge in [0.05, 0.1) is 16.8 Å². The fourth-order valence-electron chi connectivity index (χ4n) is 1.50. The van der Waals surface area contributed by atoms with E-state index in [0.717, 1.165) is 15.7 Å². The summed E-state index contributed by atoms with van der Waals surface area (Å²) >= 11 is 9.23. The summed E-state index contributed by atoms with van der Waals surface area (Å²) in [4.78, 5) is 0. The topological polar surface area (TPSA) is 38.0 Å². The predicted molar refractivity (Wildman–Crippen MR) is 66.9 cm³/mol. The number of nitrogens with zero attached hydrogens (tertiary/aromatic N) is 2. The van der Waals surface area contributed by atoms with E-state index in [1.165, 1.54) is 0 Å². The van der Waals surface area contributed by atoms with Gasteiger partial charge in [0.15, 0.2) is 0 Å². The molecule has 0 spiro atoms. The van der Waals surface area contributed by atoms with Gasteiger partial charge in [-0.3, -0.25) is 0 Å². The lowest BCUT2D eigenvalue weighted by molar-refractivity contribution is 0.275. The van der Waals surface area contributed by atoms with E-state index in [1.807, 2.05) is 31.3 Å². The van der Waals surface area contributed by atoms with Crippen molar-refractivity contribution in [2.24, 2.45) is 0 Å². The summed E-state index contributed by atoms with van der Waals surface area (Å²) in [5.74, 6) is 0. The monoisotopic (exact) mass is 300 g/mol. The van der Waals surface area contributed by atoms with Crippen molar-refractivity contribution in [1.82, 2.24) is 9.78 Å². The summed E-state index contributed by atoms with van der Waals surface area (Å²) in [6, 6.07) is 5.60. The van der Waals surface area contributed by atoms with Crippen LogP contribution in [0.3, 0.4) is 0 Å². The van der Waals surface area contributed by atoms with Gasteiger partial charge in [-0.25, -0.2) is 4.68 Å². The number of halogens is 2. The molecule has 0 aliphatic carbocycles. The number of aryl methyl sites for hydroxylation is 1. The molecule has 0 saturated carbocycles. The van der Waals surface area contributed by atoms with Crippen molar-refractivity contribution in [1.29, 1.82) is 0 Å². The Hall–Kier alpha value is -0.840. The molecule has 1 aromatic heterocycles. The standard InChI is InChI=1S/C11H10BrClN2O/c1-7-4-8(13)2-3-11(7)15-5-9(12)10(6-16)14-15/h2-5,16H,6H2,1H3. The third-order valence-electron chi connectivity index (χ3n) is 2.30. The average molecular weight is 302 g/mol. The van der Waals surface area contributed by atoms with Crippen molar-refractivity contribution >= 4 is 27.5 Å². The first-order valence-corrected chi connectivity index (χ1v) is 5.90. The lowest BCUT2D eigenvalue weighted by Gasteiger charge is -2.05. The van der Waals surface area contributed by atoms with Gasteiger partial charge >= 0.3 is 0 Å². The van der Waals surface area contributed by atoms with Gasteiger partial charge in [-0.05, 0) is 46.6 Å². The van der Waals surface area contributed by atoms with Crippen LogP contribution in [-0.4, -0.2) is 14.9 Å². The van der Waals surface area contributed by atoms with Crippen LogP contribution in [0.2, 0.25) is 5.02 Å². The summed E-state index contributed by atoms with van der Waals surface area (Å²) in [6.45, 7) is 1.88. The molecule has 0 atom stereocenters. The van der Waals surface area contributed by atoms with Gasteiger partial charge in [0, 0.05) is 11.2 Å². The van der Waals surface area contributed by atoms with E-state index >= 15 is 0 Å². The van der Waals surface area contributed by atoms with Crippen LogP contribution in [0.4, 0.5) is 0 Å². The fraction of sp³-hybridized carbons (Fsp3) is 0.182. The molecule has 1 heterocycles. The minimum absolute atomic E-state index is 0.0831. The van der Waals surface area contributed by atoms with Crippen molar-refractivity contribution in [2.45, 2.75) is 13.5 Å². The lowest BCUT2D eigenvalue weighted by atomic mass is 10.2. The number of aliphatic hydroxyl groups is 1. The van der Waals surface area contributed by atoms with Crippen molar-refractivity contribution in [3.63, 3.8) is 0 Å². The molecule has 0 aliphatic heterocycles. The maximum atomic E-state index is 9.07. The second-order valence-corrected chi connectivity index (χ2v) is 4.75. The molecule has 2 aromatic rings. The number of hydrogen-bond acceptors (Lipinski definition) is 2. The van der Waals surface area contributed by atoms with Crippen molar-refractivity contribution in [3.8, 4) is 5.69 Å². The van der Waals surface area contributed by atoms with Crippen molar-refractivity contribution in [3.05, 3.63) is 45.1 Å². The highest BCUT2D eigenvalue weighted by molar-refractivity contribution is 9.10. The minimum Gasteiger partial charge on any atom is -0.390 e. The molecule has 16 heavy (non-hydrogen) atoms. The molecule has 0 aliphatic rings. The average Bonchev–Trinajstić information content (AvgIpc) is 2.59. The molecule has 0 fully saturated rings. The van der Waals surface area contributed by atoms with Crippen LogP contribution in [0.15, 0.2) is 28.9 Å². The van der Waals surface area contributed by atoms with Crippen LogP contribution >= 0.6 is 27.5 Å². The second kappa shape index (κ2) is 4.57. The third kappa shape index (κ3) is 2.14. The van der Waals surface area contributed by atoms with Crippen LogP contribution in [0, 0.1) is 6.92 Å². The molecule has 1 aromatic carbocycles. The van der Waals surface area contributed by atoms with E-state index in [9.17, 15) is 0 Å². The van der Waals surface area contributed by atoms with Crippen LogP contribution < -0.4 is 0 Å². The Morgan fingerprint density at radius 3 is 2.81 bits per heavy atom. The molecule has 0 unspecified atom stereocenters. The van der Waals surface area contributed by atoms with Gasteiger partial charge in [0.2, 0.25) is 0 Å². The van der Waals surface area contributed by atoms with Gasteiger partial charge in [0.25, 0.3) is 0 Å². The summed E-state index contributed by atoms with van der Waals surface area (Å²) in [5.41, 5.74) is 2.60. The maximum Gasteiger partial charge on any atom is 0.102 e. The zero-order chi connectivity index (χ0) is 11.7. The molecule has 5 heteroatoms. The molecule has 84 valence electrons. The quantitative estimate of drug-likeness (QED) is 0.925. The summed E-state index contributed by atoms with van der Waals surface area (Å²) in [7, 11) is 0. The van der Waals surface area contributed by atoms with Crippen LogP contribution in [0.5, 0.6) is 0 Å². The molecule has 0 bridgehead atoms. The van der Waals surface area contributed by atoms with Crippen molar-refractivity contribution in [2.75, 3.05) is 0 Å². The van der Waals surface area contributed by atoms with Gasteiger partial charge in [-0.2, -0.15) is 5.10 Å². The van der Waals surface area contributed by atoms with Crippen LogP contribution in [0.1, 0.15) is 11.3 Å². The van der Waals surface area contributed by atoms with Gasteiger partial charge in [-0.1, -0.05) is 11.6 Å². The first-order chi connectivity index (χ1) is 7.61. The van der Waals surface area contributed by atoms with Crippen molar-refractivity contribution < 1.29 is 5.11 Å². The Balaban J connectivity index is 2.50. The van der Waals surface area contributed by atoms with E-state index in [0.29, 0.717) is 10.7 Å². The Bertz CT molecular complexity index is 525. The van der Waals surface area contributed by atoms with Gasteiger partial charge in [0.1, 0.15) is 5.69 Å². The maximum absolute atomic E-state index is 9.07. The Kier molecular flexibility index (Phi) is 3.33. The highest BCUT2D eigenvalue weighted by Crippen LogP contribution is 2.22. The highest BCUT2D eigenvalue weighted by Gasteiger charge is 2.08. The molecule has 2 rings (SSSR count). The van der Waals surface area contributed by atoms with Gasteiger partial charge < -0.3 is 5.11 Å². The fourth-order valence-corrected chi connectivity index (χ4v) is 2.12. The normalized spacial score (nSPS) is 10.8. The molecule has 1 N–H and O–H groups in total. The smallest absolute Gasteiger partial charge is 0.102 e. The zero-order valence-electron chi connectivity index (χ0n) is 8.61. The molecular weight excluding hydrogens is 291 g/mol. The van der Waals surface area contributed by atoms with E-state index in [4.69, 9.17) is 16.7 Å². The number of benzene rings is 1. The largest absolute Gasteiger partial charge is 0.390 e. The Morgan fingerprint density at radius 1 is 1.50 bits per heavy atom. The second-order valence-electron chi connectivity index (χ2n) is 3.46. The number of rotatable bonds is 2. The van der Waals surface area contributed by atoms with E-state index < -0.39 is 0 Å². The number of hydrogen-bond donors (Lipinski definition) is 1. The summed E-state index contributed by atoms with van der Waals surface area (Å²) in [5, 5.41) is 14.0. The molecular formula is C11H10BrClN2O. The Morgan fingerprint density at radius 2 is 2.25 bits per heavy atom. The Labute approximate surface area is 107 Å². The van der Waals surface area contributed by atoms with E-state index in [1.54, 1.807) is 4.68 Å². The van der Waals surface area contributed by atoms with Crippen LogP contribution in [-0.2, 0) is 6.61 Å². The molecule has 0 saturated heterocycles. The number of aliphatic hydroxyl groups excluding tert-OH is 1. The SMILES string of the molecule is Cc1cc(Cl)ccc1-n1cc(Br)c(CO)n1. The summed E-state index contributed by atoms with van der Waals surface area (Å²) in [6.07, 6.45) is 1.82. The minimum atomic E-state index is -0.0831. The molecule has 0 radical (unpaired) electrons. The number of aromatic nitrogens is 2. The predicted octanol–water partition coefficient (Wildman–Crippen LogP) is 3.09. The summed E-state index contributed by atoms with van der Waals surface area (Å²) < 4.78 is 2.52. The molecule has 0 amide bonds. The first-order valence-electron chi connectivity index (χ1n) is 4.73. The highest BCUT2D eigenvalue weighted by atomic mass is 79.9. The van der Waals surface area contributed by atoms with Crippen LogP contribution in [0.25, 0.3) is 5.69 Å². The lowest BCUT2D eigenvalue weighted by Crippen LogP contribution is -1.98.